The quantitative estimate of drug-likeness (QED) is 0.342. The van der Waals surface area contributed by atoms with Gasteiger partial charge < -0.3 is 13.9 Å². The molecule has 0 N–H and O–H groups in total. The fourth-order valence-electron chi connectivity index (χ4n) is 3.18. The van der Waals surface area contributed by atoms with E-state index in [1.54, 1.807) is 18.4 Å². The Labute approximate surface area is 186 Å². The summed E-state index contributed by atoms with van der Waals surface area (Å²) in [6, 6.07) is 20.0. The summed E-state index contributed by atoms with van der Waals surface area (Å²) in [5.41, 5.74) is 2.22. The molecule has 0 radical (unpaired) electrons. The van der Waals surface area contributed by atoms with Crippen molar-refractivity contribution in [1.82, 2.24) is 15.1 Å². The smallest absolute Gasteiger partial charge is 0.257 e. The Balaban J connectivity index is 1.41. The van der Waals surface area contributed by atoms with E-state index in [4.69, 9.17) is 13.9 Å². The molecule has 0 aliphatic carbocycles. The van der Waals surface area contributed by atoms with Crippen molar-refractivity contribution in [2.24, 2.45) is 0 Å². The topological polar surface area (TPSA) is 60.6 Å². The summed E-state index contributed by atoms with van der Waals surface area (Å²) in [6.07, 6.45) is 0. The number of benzene rings is 2. The Kier molecular flexibility index (Phi) is 6.64. The molecule has 6 nitrogen and oxygen atoms in total. The molecule has 0 aliphatic rings. The second-order valence-electron chi connectivity index (χ2n) is 7.27. The van der Waals surface area contributed by atoms with Crippen LogP contribution in [0.15, 0.2) is 70.5 Å². The number of methoxy groups -OCH3 is 1. The van der Waals surface area contributed by atoms with Crippen LogP contribution < -0.4 is 9.47 Å². The molecule has 0 saturated carbocycles. The molecule has 160 valence electrons. The van der Waals surface area contributed by atoms with Crippen molar-refractivity contribution in [3.63, 3.8) is 0 Å². The Bertz CT molecular complexity index is 1100. The minimum Gasteiger partial charge on any atom is -0.493 e. The van der Waals surface area contributed by atoms with Gasteiger partial charge in [0.05, 0.1) is 18.0 Å². The molecule has 2 aromatic heterocycles. The molecule has 0 unspecified atom stereocenters. The van der Waals surface area contributed by atoms with Gasteiger partial charge in [-0.2, -0.15) is 0 Å². The average molecular weight is 436 g/mol. The average Bonchev–Trinajstić information content (AvgIpc) is 3.50. The van der Waals surface area contributed by atoms with Crippen molar-refractivity contribution in [3.05, 3.63) is 83.1 Å². The number of hydrogen-bond acceptors (Lipinski definition) is 7. The molecule has 0 bridgehead atoms. The highest BCUT2D eigenvalue weighted by atomic mass is 32.1. The van der Waals surface area contributed by atoms with Crippen LogP contribution in [0.2, 0.25) is 0 Å². The minimum absolute atomic E-state index is 0.0267. The van der Waals surface area contributed by atoms with Crippen LogP contribution in [0.4, 0.5) is 0 Å². The predicted octanol–water partition coefficient (Wildman–Crippen LogP) is 5.58. The lowest BCUT2D eigenvalue weighted by molar-refractivity contribution is 0.217. The molecule has 2 aromatic carbocycles. The van der Waals surface area contributed by atoms with Crippen LogP contribution in [-0.4, -0.2) is 29.3 Å². The zero-order valence-electron chi connectivity index (χ0n) is 17.8. The van der Waals surface area contributed by atoms with Gasteiger partial charge in [-0.3, -0.25) is 4.90 Å². The van der Waals surface area contributed by atoms with Gasteiger partial charge in [-0.1, -0.05) is 42.5 Å². The molecule has 0 spiro atoms. The van der Waals surface area contributed by atoms with E-state index in [0.717, 1.165) is 21.8 Å². The molecule has 31 heavy (non-hydrogen) atoms. The maximum absolute atomic E-state index is 5.96. The zero-order chi connectivity index (χ0) is 21.6. The van der Waals surface area contributed by atoms with Crippen molar-refractivity contribution in [1.29, 1.82) is 0 Å². The van der Waals surface area contributed by atoms with Crippen LogP contribution in [0.1, 0.15) is 30.0 Å². The van der Waals surface area contributed by atoms with Crippen LogP contribution in [0.5, 0.6) is 11.5 Å². The van der Waals surface area contributed by atoms with E-state index in [1.165, 1.54) is 0 Å². The molecule has 0 aliphatic heterocycles. The number of hydrogen-bond donors (Lipinski definition) is 0. The normalized spacial score (nSPS) is 12.1. The fourth-order valence-corrected chi connectivity index (χ4v) is 3.83. The largest absolute Gasteiger partial charge is 0.493 e. The lowest BCUT2D eigenvalue weighted by Crippen LogP contribution is -2.22. The molecular formula is C24H25N3O3S. The molecule has 7 heteroatoms. The van der Waals surface area contributed by atoms with E-state index in [0.29, 0.717) is 30.7 Å². The van der Waals surface area contributed by atoms with E-state index in [-0.39, 0.29) is 6.04 Å². The zero-order valence-corrected chi connectivity index (χ0v) is 18.6. The molecule has 4 aromatic rings. The molecule has 0 fully saturated rings. The monoisotopic (exact) mass is 435 g/mol. The Hall–Kier alpha value is -3.16. The van der Waals surface area contributed by atoms with Crippen molar-refractivity contribution < 1.29 is 13.9 Å². The minimum atomic E-state index is -0.0267. The summed E-state index contributed by atoms with van der Waals surface area (Å²) < 4.78 is 17.4. The van der Waals surface area contributed by atoms with Gasteiger partial charge in [-0.15, -0.1) is 21.5 Å². The highest BCUT2D eigenvalue weighted by molar-refractivity contribution is 7.13. The van der Waals surface area contributed by atoms with Crippen LogP contribution in [0.3, 0.4) is 0 Å². The summed E-state index contributed by atoms with van der Waals surface area (Å²) in [7, 11) is 3.69. The standard InChI is InChI=1S/C24H25N3O3S/c1-17(23-25-26-24(30-23)22-10-7-13-31-22)27(2)15-19-11-12-20(21(14-19)28-3)29-16-18-8-5-4-6-9-18/h4-14,17H,15-16H2,1-3H3/t17-/m0/s1. The number of rotatable bonds is 9. The first-order chi connectivity index (χ1) is 15.1. The number of aromatic nitrogens is 2. The van der Waals surface area contributed by atoms with Gasteiger partial charge in [0.1, 0.15) is 6.61 Å². The third-order valence-corrected chi connectivity index (χ3v) is 5.95. The molecule has 2 heterocycles. The number of thiophene rings is 1. The highest BCUT2D eigenvalue weighted by Gasteiger charge is 2.20. The third-order valence-electron chi connectivity index (χ3n) is 5.09. The van der Waals surface area contributed by atoms with E-state index in [2.05, 4.69) is 28.1 Å². The van der Waals surface area contributed by atoms with Crippen LogP contribution >= 0.6 is 11.3 Å². The molecular weight excluding hydrogens is 410 g/mol. The van der Waals surface area contributed by atoms with Crippen molar-refractivity contribution in [3.8, 4) is 22.3 Å². The van der Waals surface area contributed by atoms with E-state index in [9.17, 15) is 0 Å². The van der Waals surface area contributed by atoms with Crippen molar-refractivity contribution >= 4 is 11.3 Å². The summed E-state index contributed by atoms with van der Waals surface area (Å²) in [5.74, 6) is 2.60. The van der Waals surface area contributed by atoms with Crippen molar-refractivity contribution in [2.75, 3.05) is 14.2 Å². The second kappa shape index (κ2) is 9.76. The van der Waals surface area contributed by atoms with Gasteiger partial charge in [0.25, 0.3) is 5.89 Å². The van der Waals surface area contributed by atoms with E-state index in [1.807, 2.05) is 67.0 Å². The Morgan fingerprint density at radius 3 is 2.58 bits per heavy atom. The van der Waals surface area contributed by atoms with Gasteiger partial charge in [-0.25, -0.2) is 0 Å². The Morgan fingerprint density at radius 1 is 1.00 bits per heavy atom. The third kappa shape index (κ3) is 5.13. The highest BCUT2D eigenvalue weighted by Crippen LogP contribution is 2.31. The second-order valence-corrected chi connectivity index (χ2v) is 8.22. The van der Waals surface area contributed by atoms with Crippen LogP contribution in [0.25, 0.3) is 10.8 Å². The van der Waals surface area contributed by atoms with E-state index < -0.39 is 0 Å². The van der Waals surface area contributed by atoms with E-state index >= 15 is 0 Å². The van der Waals surface area contributed by atoms with Crippen LogP contribution in [0, 0.1) is 0 Å². The SMILES string of the molecule is COc1cc(CN(C)[C@@H](C)c2nnc(-c3cccs3)o2)ccc1OCc1ccccc1. The molecule has 0 saturated heterocycles. The van der Waals surface area contributed by atoms with Gasteiger partial charge in [0, 0.05) is 6.54 Å². The maximum Gasteiger partial charge on any atom is 0.257 e. The fraction of sp³-hybridized carbons (Fsp3) is 0.250. The Morgan fingerprint density at radius 2 is 1.84 bits per heavy atom. The first kappa shape index (κ1) is 21.1. The van der Waals surface area contributed by atoms with Gasteiger partial charge in [-0.05, 0) is 48.7 Å². The lowest BCUT2D eigenvalue weighted by Gasteiger charge is -2.22. The summed E-state index contributed by atoms with van der Waals surface area (Å²) >= 11 is 1.58. The summed E-state index contributed by atoms with van der Waals surface area (Å²) in [6.45, 7) is 3.25. The summed E-state index contributed by atoms with van der Waals surface area (Å²) in [4.78, 5) is 3.13. The first-order valence-corrected chi connectivity index (χ1v) is 10.9. The number of ether oxygens (including phenoxy) is 2. The van der Waals surface area contributed by atoms with Crippen LogP contribution in [-0.2, 0) is 13.2 Å². The van der Waals surface area contributed by atoms with Crippen molar-refractivity contribution in [2.45, 2.75) is 26.1 Å². The maximum atomic E-state index is 5.96. The summed E-state index contributed by atoms with van der Waals surface area (Å²) in [5, 5.41) is 10.4. The molecule has 1 atom stereocenters. The van der Waals surface area contributed by atoms with Gasteiger partial charge in [0.15, 0.2) is 11.5 Å². The van der Waals surface area contributed by atoms with Gasteiger partial charge >= 0.3 is 0 Å². The van der Waals surface area contributed by atoms with Gasteiger partial charge in [0.2, 0.25) is 5.89 Å². The first-order valence-electron chi connectivity index (χ1n) is 10.0. The predicted molar refractivity (Wildman–Crippen MR) is 121 cm³/mol. The molecule has 0 amide bonds. The lowest BCUT2D eigenvalue weighted by atomic mass is 10.1. The number of nitrogens with zero attached hydrogens (tertiary/aromatic N) is 3. The molecule has 4 rings (SSSR count).